The number of carbonyl (C=O) groups excluding carboxylic acids is 1. The van der Waals surface area contributed by atoms with Gasteiger partial charge in [0.05, 0.1) is 25.9 Å². The molecule has 2 aliphatic rings. The second kappa shape index (κ2) is 12.4. The van der Waals surface area contributed by atoms with Gasteiger partial charge >= 0.3 is 6.09 Å². The molecule has 0 bridgehead atoms. The van der Waals surface area contributed by atoms with E-state index in [9.17, 15) is 4.79 Å². The van der Waals surface area contributed by atoms with Crippen molar-refractivity contribution in [2.24, 2.45) is 0 Å². The van der Waals surface area contributed by atoms with E-state index >= 15 is 0 Å². The number of nitrogens with zero attached hydrogens (tertiary/aromatic N) is 1. The minimum absolute atomic E-state index is 0.148. The van der Waals surface area contributed by atoms with Crippen LogP contribution in [0.15, 0.2) is 73.3 Å². The Bertz CT molecular complexity index is 1040. The second-order valence-corrected chi connectivity index (χ2v) is 10.5. The fraction of sp³-hybridized carbons (Fsp3) is 0.500. The first-order valence-electron chi connectivity index (χ1n) is 13.0. The van der Waals surface area contributed by atoms with Crippen molar-refractivity contribution in [3.8, 4) is 0 Å². The summed E-state index contributed by atoms with van der Waals surface area (Å²) < 4.78 is 36.6. The van der Waals surface area contributed by atoms with Crippen molar-refractivity contribution in [1.29, 1.82) is 0 Å². The van der Waals surface area contributed by atoms with Gasteiger partial charge in [-0.2, -0.15) is 0 Å². The van der Waals surface area contributed by atoms with E-state index in [4.69, 9.17) is 28.4 Å². The van der Waals surface area contributed by atoms with Crippen LogP contribution in [0.2, 0.25) is 0 Å². The molecular weight excluding hydrogens is 486 g/mol. The van der Waals surface area contributed by atoms with E-state index in [0.29, 0.717) is 13.2 Å². The maximum absolute atomic E-state index is 13.5. The van der Waals surface area contributed by atoms with E-state index in [1.807, 2.05) is 88.4 Å². The summed E-state index contributed by atoms with van der Waals surface area (Å²) in [5, 5.41) is 0. The molecule has 4 atom stereocenters. The summed E-state index contributed by atoms with van der Waals surface area (Å²) in [6, 6.07) is 18.9. The van der Waals surface area contributed by atoms with Gasteiger partial charge in [-0.25, -0.2) is 4.79 Å². The summed E-state index contributed by atoms with van der Waals surface area (Å²) in [4.78, 5) is 15.1. The highest BCUT2D eigenvalue weighted by molar-refractivity contribution is 5.68. The van der Waals surface area contributed by atoms with E-state index in [2.05, 4.69) is 6.58 Å². The number of rotatable bonds is 11. The fourth-order valence-corrected chi connectivity index (χ4v) is 4.80. The van der Waals surface area contributed by atoms with Crippen LogP contribution in [0.25, 0.3) is 0 Å². The quantitative estimate of drug-likeness (QED) is 0.379. The Kier molecular flexibility index (Phi) is 9.23. The van der Waals surface area contributed by atoms with Crippen molar-refractivity contribution in [3.05, 3.63) is 84.4 Å². The first kappa shape index (κ1) is 28.3. The van der Waals surface area contributed by atoms with Crippen molar-refractivity contribution < 1.29 is 33.2 Å². The molecule has 4 rings (SSSR count). The third-order valence-electron chi connectivity index (χ3n) is 6.51. The SMILES string of the molecule is C=CCN(C(=O)OCc1ccccc1)[C@H](COCc1ccccc1)[C@H]1OC(C)(C)O[C@@H]1[C@H]1COC(C)(C)O1. The van der Waals surface area contributed by atoms with Crippen LogP contribution in [0.5, 0.6) is 0 Å². The Morgan fingerprint density at radius 3 is 2.18 bits per heavy atom. The lowest BCUT2D eigenvalue weighted by molar-refractivity contribution is -0.175. The fourth-order valence-electron chi connectivity index (χ4n) is 4.80. The van der Waals surface area contributed by atoms with Gasteiger partial charge in [0.1, 0.15) is 24.9 Å². The molecule has 0 N–H and O–H groups in total. The van der Waals surface area contributed by atoms with Crippen LogP contribution < -0.4 is 0 Å². The van der Waals surface area contributed by atoms with Gasteiger partial charge in [-0.15, -0.1) is 6.58 Å². The van der Waals surface area contributed by atoms with Gasteiger partial charge in [-0.3, -0.25) is 4.90 Å². The lowest BCUT2D eigenvalue weighted by Crippen LogP contribution is -2.55. The normalized spacial score (nSPS) is 24.6. The van der Waals surface area contributed by atoms with Gasteiger partial charge in [-0.1, -0.05) is 66.7 Å². The minimum atomic E-state index is -0.892. The zero-order valence-corrected chi connectivity index (χ0v) is 22.7. The summed E-state index contributed by atoms with van der Waals surface area (Å²) in [6.07, 6.45) is -0.251. The van der Waals surface area contributed by atoms with Crippen molar-refractivity contribution in [2.45, 2.75) is 76.8 Å². The Labute approximate surface area is 225 Å². The van der Waals surface area contributed by atoms with Gasteiger partial charge < -0.3 is 28.4 Å². The summed E-state index contributed by atoms with van der Waals surface area (Å²) in [5.74, 6) is -1.63. The molecular formula is C30H39NO7. The summed E-state index contributed by atoms with van der Waals surface area (Å²) in [5.41, 5.74) is 1.93. The lowest BCUT2D eigenvalue weighted by Gasteiger charge is -2.36. The molecule has 0 aliphatic carbocycles. The molecule has 2 aromatic carbocycles. The van der Waals surface area contributed by atoms with Crippen LogP contribution in [0.1, 0.15) is 38.8 Å². The van der Waals surface area contributed by atoms with Crippen LogP contribution in [-0.4, -0.2) is 66.7 Å². The molecule has 2 saturated heterocycles. The molecule has 206 valence electrons. The molecule has 2 fully saturated rings. The van der Waals surface area contributed by atoms with Crippen LogP contribution in [0.4, 0.5) is 4.79 Å². The van der Waals surface area contributed by atoms with Crippen molar-refractivity contribution >= 4 is 6.09 Å². The van der Waals surface area contributed by atoms with Crippen molar-refractivity contribution in [2.75, 3.05) is 19.8 Å². The maximum atomic E-state index is 13.5. The van der Waals surface area contributed by atoms with Crippen LogP contribution in [-0.2, 0) is 41.6 Å². The average Bonchev–Trinajstić information content (AvgIpc) is 3.43. The van der Waals surface area contributed by atoms with Gasteiger partial charge in [0, 0.05) is 6.54 Å². The molecule has 0 radical (unpaired) electrons. The Morgan fingerprint density at radius 2 is 1.61 bits per heavy atom. The highest BCUT2D eigenvalue weighted by Gasteiger charge is 2.53. The zero-order chi connectivity index (χ0) is 27.2. The number of hydrogen-bond acceptors (Lipinski definition) is 7. The van der Waals surface area contributed by atoms with Gasteiger partial charge in [0.15, 0.2) is 11.6 Å². The molecule has 2 heterocycles. The smallest absolute Gasteiger partial charge is 0.410 e. The van der Waals surface area contributed by atoms with Gasteiger partial charge in [-0.05, 0) is 38.8 Å². The molecule has 8 nitrogen and oxygen atoms in total. The molecule has 1 amide bonds. The van der Waals surface area contributed by atoms with E-state index < -0.39 is 35.9 Å². The number of amides is 1. The first-order valence-corrected chi connectivity index (χ1v) is 13.0. The Balaban J connectivity index is 1.57. The molecule has 0 spiro atoms. The number of benzene rings is 2. The standard InChI is InChI=1S/C30H39NO7/c1-6-17-31(28(32)34-19-23-15-11-8-12-16-23)24(20-33-18-22-13-9-7-10-14-22)26-27(38-30(4,5)37-26)25-21-35-29(2,3)36-25/h6-16,24-27H,1,17-21H2,2-5H3/t24-,25-,26-,27-/m1/s1. The van der Waals surface area contributed by atoms with E-state index in [-0.39, 0.29) is 25.9 Å². The summed E-state index contributed by atoms with van der Waals surface area (Å²) in [7, 11) is 0. The largest absolute Gasteiger partial charge is 0.445 e. The van der Waals surface area contributed by atoms with Crippen LogP contribution >= 0.6 is 0 Å². The number of carbonyl (C=O) groups is 1. The zero-order valence-electron chi connectivity index (χ0n) is 22.7. The minimum Gasteiger partial charge on any atom is -0.445 e. The predicted octanol–water partition coefficient (Wildman–Crippen LogP) is 5.07. The molecule has 0 unspecified atom stereocenters. The number of ether oxygens (including phenoxy) is 6. The van der Waals surface area contributed by atoms with E-state index in [1.165, 1.54) is 0 Å². The van der Waals surface area contributed by atoms with Gasteiger partial charge in [0.25, 0.3) is 0 Å². The maximum Gasteiger partial charge on any atom is 0.410 e. The Morgan fingerprint density at radius 1 is 0.974 bits per heavy atom. The lowest BCUT2D eigenvalue weighted by atomic mass is 10.0. The molecule has 38 heavy (non-hydrogen) atoms. The molecule has 2 aliphatic heterocycles. The topological polar surface area (TPSA) is 75.7 Å². The van der Waals surface area contributed by atoms with Crippen molar-refractivity contribution in [3.63, 3.8) is 0 Å². The van der Waals surface area contributed by atoms with Crippen molar-refractivity contribution in [1.82, 2.24) is 4.90 Å². The predicted molar refractivity (Wildman–Crippen MR) is 142 cm³/mol. The van der Waals surface area contributed by atoms with Crippen LogP contribution in [0.3, 0.4) is 0 Å². The number of hydrogen-bond donors (Lipinski definition) is 0. The molecule has 0 saturated carbocycles. The highest BCUT2D eigenvalue weighted by atomic mass is 16.8. The van der Waals surface area contributed by atoms with Crippen LogP contribution in [0, 0.1) is 0 Å². The average molecular weight is 526 g/mol. The van der Waals surface area contributed by atoms with E-state index in [0.717, 1.165) is 11.1 Å². The first-order chi connectivity index (χ1) is 18.2. The molecule has 2 aromatic rings. The highest BCUT2D eigenvalue weighted by Crippen LogP contribution is 2.38. The molecule has 8 heteroatoms. The summed E-state index contributed by atoms with van der Waals surface area (Å²) in [6.45, 7) is 12.6. The second-order valence-electron chi connectivity index (χ2n) is 10.5. The van der Waals surface area contributed by atoms with Gasteiger partial charge in [0.2, 0.25) is 0 Å². The molecule has 0 aromatic heterocycles. The third-order valence-corrected chi connectivity index (χ3v) is 6.51. The summed E-state index contributed by atoms with van der Waals surface area (Å²) >= 11 is 0. The van der Waals surface area contributed by atoms with E-state index in [1.54, 1.807) is 11.0 Å². The Hall–Kier alpha value is -2.75. The third kappa shape index (κ3) is 7.42. The monoisotopic (exact) mass is 525 g/mol.